The van der Waals surface area contributed by atoms with E-state index in [0.717, 1.165) is 43.3 Å². The molecule has 4 heterocycles. The Hall–Kier alpha value is -2.27. The highest BCUT2D eigenvalue weighted by molar-refractivity contribution is 5.59. The Labute approximate surface area is 123 Å². The van der Waals surface area contributed by atoms with E-state index in [1.165, 1.54) is 5.69 Å². The number of hydrogen-bond acceptors (Lipinski definition) is 4. The highest BCUT2D eigenvalue weighted by Gasteiger charge is 2.12. The van der Waals surface area contributed by atoms with E-state index in [9.17, 15) is 0 Å². The Morgan fingerprint density at radius 1 is 1.24 bits per heavy atom. The second kappa shape index (κ2) is 5.26. The lowest BCUT2D eigenvalue weighted by Gasteiger charge is -2.29. The van der Waals surface area contributed by atoms with Gasteiger partial charge in [0.15, 0.2) is 0 Å². The van der Waals surface area contributed by atoms with E-state index in [0.29, 0.717) is 6.42 Å². The van der Waals surface area contributed by atoms with Gasteiger partial charge in [0.1, 0.15) is 11.6 Å². The van der Waals surface area contributed by atoms with Gasteiger partial charge >= 0.3 is 0 Å². The molecule has 3 aromatic heterocycles. The van der Waals surface area contributed by atoms with Crippen LogP contribution < -0.4 is 10.2 Å². The molecular formula is C16H18N4O. The van der Waals surface area contributed by atoms with Crippen LogP contribution >= 0.6 is 0 Å². The van der Waals surface area contributed by atoms with E-state index in [-0.39, 0.29) is 0 Å². The Morgan fingerprint density at radius 3 is 2.95 bits per heavy atom. The van der Waals surface area contributed by atoms with Gasteiger partial charge in [0.05, 0.1) is 24.4 Å². The Kier molecular flexibility index (Phi) is 3.12. The molecule has 0 unspecified atom stereocenters. The van der Waals surface area contributed by atoms with Gasteiger partial charge in [-0.1, -0.05) is 0 Å². The first-order valence-corrected chi connectivity index (χ1v) is 7.34. The molecule has 0 spiro atoms. The van der Waals surface area contributed by atoms with Gasteiger partial charge in [-0.3, -0.25) is 0 Å². The quantitative estimate of drug-likeness (QED) is 0.797. The number of rotatable bonds is 3. The first kappa shape index (κ1) is 12.5. The van der Waals surface area contributed by atoms with Crippen LogP contribution in [0.4, 0.5) is 5.69 Å². The van der Waals surface area contributed by atoms with E-state index < -0.39 is 0 Å². The van der Waals surface area contributed by atoms with Gasteiger partial charge in [0.2, 0.25) is 0 Å². The molecule has 1 aliphatic rings. The summed E-state index contributed by atoms with van der Waals surface area (Å²) < 4.78 is 7.54. The molecule has 0 amide bonds. The van der Waals surface area contributed by atoms with Crippen LogP contribution in [0.1, 0.15) is 11.6 Å². The zero-order valence-corrected chi connectivity index (χ0v) is 11.8. The van der Waals surface area contributed by atoms with Crippen LogP contribution in [0.2, 0.25) is 0 Å². The zero-order valence-electron chi connectivity index (χ0n) is 11.8. The molecule has 4 rings (SSSR count). The molecule has 0 saturated carbocycles. The minimum atomic E-state index is 0.716. The van der Waals surface area contributed by atoms with Gasteiger partial charge in [-0.05, 0) is 24.3 Å². The predicted octanol–water partition coefficient (Wildman–Crippen LogP) is 1.93. The zero-order chi connectivity index (χ0) is 14.1. The molecule has 1 fully saturated rings. The third-order valence-corrected chi connectivity index (χ3v) is 3.99. The Morgan fingerprint density at radius 2 is 2.14 bits per heavy atom. The first-order chi connectivity index (χ1) is 10.4. The van der Waals surface area contributed by atoms with Gasteiger partial charge < -0.3 is 19.0 Å². The van der Waals surface area contributed by atoms with Gasteiger partial charge in [-0.25, -0.2) is 4.98 Å². The number of furan rings is 1. The van der Waals surface area contributed by atoms with Crippen molar-refractivity contribution in [1.29, 1.82) is 0 Å². The van der Waals surface area contributed by atoms with Gasteiger partial charge in [-0.15, -0.1) is 0 Å². The van der Waals surface area contributed by atoms with Crippen molar-refractivity contribution in [2.24, 2.45) is 0 Å². The minimum absolute atomic E-state index is 0.716. The topological polar surface area (TPSA) is 45.7 Å². The number of aromatic nitrogens is 2. The molecule has 21 heavy (non-hydrogen) atoms. The standard InChI is InChI=1S/C16H18N4O/c1-2-15(21-9-1)11-16-18-12-14-10-13(3-6-20(14)16)19-7-4-17-5-8-19/h1-3,6,9-10,12,17H,4-5,7-8,11H2. The molecule has 1 aliphatic heterocycles. The fourth-order valence-corrected chi connectivity index (χ4v) is 2.86. The Balaban J connectivity index is 1.63. The number of pyridine rings is 1. The number of fused-ring (bicyclic) bond motifs is 1. The number of nitrogens with zero attached hydrogens (tertiary/aromatic N) is 3. The summed E-state index contributed by atoms with van der Waals surface area (Å²) in [6, 6.07) is 8.28. The summed E-state index contributed by atoms with van der Waals surface area (Å²) in [7, 11) is 0. The average Bonchev–Trinajstić information content (AvgIpc) is 3.18. The van der Waals surface area contributed by atoms with Gasteiger partial charge in [0.25, 0.3) is 0 Å². The second-order valence-electron chi connectivity index (χ2n) is 5.35. The molecule has 0 radical (unpaired) electrons. The maximum Gasteiger partial charge on any atom is 0.120 e. The average molecular weight is 282 g/mol. The summed E-state index contributed by atoms with van der Waals surface area (Å²) in [5.74, 6) is 1.94. The van der Waals surface area contributed by atoms with Crippen LogP contribution in [0, 0.1) is 0 Å². The molecule has 1 saturated heterocycles. The summed E-state index contributed by atoms with van der Waals surface area (Å²) in [6.07, 6.45) is 6.46. The maximum absolute atomic E-state index is 5.41. The molecule has 0 aromatic carbocycles. The number of nitrogens with one attached hydrogen (secondary N) is 1. The summed E-state index contributed by atoms with van der Waals surface area (Å²) >= 11 is 0. The predicted molar refractivity (Wildman–Crippen MR) is 81.8 cm³/mol. The lowest BCUT2D eigenvalue weighted by Crippen LogP contribution is -2.43. The monoisotopic (exact) mass is 282 g/mol. The van der Waals surface area contributed by atoms with Crippen LogP contribution in [0.15, 0.2) is 47.3 Å². The van der Waals surface area contributed by atoms with Crippen LogP contribution in [-0.4, -0.2) is 35.6 Å². The van der Waals surface area contributed by atoms with Crippen molar-refractivity contribution in [3.05, 3.63) is 54.5 Å². The summed E-state index contributed by atoms with van der Waals surface area (Å²) in [5.41, 5.74) is 2.40. The van der Waals surface area contributed by atoms with Crippen molar-refractivity contribution < 1.29 is 4.42 Å². The number of hydrogen-bond donors (Lipinski definition) is 1. The van der Waals surface area contributed by atoms with E-state index in [4.69, 9.17) is 4.42 Å². The SMILES string of the molecule is c1coc(Cc2ncc3cc(N4CCNCC4)ccn23)c1. The number of anilines is 1. The lowest BCUT2D eigenvalue weighted by atomic mass is 10.2. The second-order valence-corrected chi connectivity index (χ2v) is 5.35. The normalized spacial score (nSPS) is 15.7. The van der Waals surface area contributed by atoms with Crippen molar-refractivity contribution in [3.63, 3.8) is 0 Å². The first-order valence-electron chi connectivity index (χ1n) is 7.34. The molecule has 108 valence electrons. The number of imidazole rings is 1. The highest BCUT2D eigenvalue weighted by Crippen LogP contribution is 2.19. The van der Waals surface area contributed by atoms with Crippen LogP contribution in [0.5, 0.6) is 0 Å². The largest absolute Gasteiger partial charge is 0.469 e. The third-order valence-electron chi connectivity index (χ3n) is 3.99. The molecule has 5 heteroatoms. The van der Waals surface area contributed by atoms with Crippen molar-refractivity contribution in [2.75, 3.05) is 31.1 Å². The van der Waals surface area contributed by atoms with Crippen LogP contribution in [-0.2, 0) is 6.42 Å². The molecular weight excluding hydrogens is 264 g/mol. The van der Waals surface area contributed by atoms with E-state index >= 15 is 0 Å². The van der Waals surface area contributed by atoms with Crippen molar-refractivity contribution in [3.8, 4) is 0 Å². The van der Waals surface area contributed by atoms with Gasteiger partial charge in [-0.2, -0.15) is 0 Å². The third kappa shape index (κ3) is 2.40. The van der Waals surface area contributed by atoms with E-state index in [2.05, 4.69) is 37.9 Å². The van der Waals surface area contributed by atoms with Crippen molar-refractivity contribution in [1.82, 2.24) is 14.7 Å². The minimum Gasteiger partial charge on any atom is -0.469 e. The molecule has 0 atom stereocenters. The fraction of sp³-hybridized carbons (Fsp3) is 0.312. The highest BCUT2D eigenvalue weighted by atomic mass is 16.3. The van der Waals surface area contributed by atoms with Gasteiger partial charge in [0, 0.05) is 38.1 Å². The van der Waals surface area contributed by atoms with E-state index in [1.54, 1.807) is 6.26 Å². The molecule has 0 bridgehead atoms. The Bertz CT molecular complexity index is 726. The molecule has 3 aromatic rings. The van der Waals surface area contributed by atoms with Crippen molar-refractivity contribution in [2.45, 2.75) is 6.42 Å². The maximum atomic E-state index is 5.41. The smallest absolute Gasteiger partial charge is 0.120 e. The molecule has 1 N–H and O–H groups in total. The summed E-state index contributed by atoms with van der Waals surface area (Å²) in [5, 5.41) is 3.38. The van der Waals surface area contributed by atoms with Crippen molar-refractivity contribution >= 4 is 11.2 Å². The van der Waals surface area contributed by atoms with Crippen LogP contribution in [0.3, 0.4) is 0 Å². The van der Waals surface area contributed by atoms with Crippen LogP contribution in [0.25, 0.3) is 5.52 Å². The summed E-state index contributed by atoms with van der Waals surface area (Å²) in [6.45, 7) is 4.22. The molecule has 5 nitrogen and oxygen atoms in total. The molecule has 0 aliphatic carbocycles. The van der Waals surface area contributed by atoms with E-state index in [1.807, 2.05) is 18.3 Å². The summed E-state index contributed by atoms with van der Waals surface area (Å²) in [4.78, 5) is 6.94. The fourth-order valence-electron chi connectivity index (χ4n) is 2.86. The lowest BCUT2D eigenvalue weighted by molar-refractivity contribution is 0.516. The number of piperazine rings is 1.